The van der Waals surface area contributed by atoms with Gasteiger partial charge in [-0.05, 0) is 54.8 Å². The number of sulfonamides is 1. The minimum Gasteiger partial charge on any atom is -0.462 e. The number of hydrogen-bond donors (Lipinski definition) is 0. The van der Waals surface area contributed by atoms with Crippen molar-refractivity contribution in [2.24, 2.45) is 0 Å². The van der Waals surface area contributed by atoms with Gasteiger partial charge in [-0.15, -0.1) is 11.3 Å². The highest BCUT2D eigenvalue weighted by Gasteiger charge is 2.47. The molecule has 0 aliphatic carbocycles. The maximum Gasteiger partial charge on any atom is 0.338 e. The first-order valence-corrected chi connectivity index (χ1v) is 12.9. The normalized spacial score (nSPS) is 16.3. The van der Waals surface area contributed by atoms with Crippen molar-refractivity contribution >= 4 is 44.8 Å². The van der Waals surface area contributed by atoms with Crippen LogP contribution in [0, 0.1) is 0 Å². The Labute approximate surface area is 201 Å². The van der Waals surface area contributed by atoms with E-state index >= 15 is 0 Å². The number of carbonyl (C=O) groups is 3. The number of anilines is 1. The van der Waals surface area contributed by atoms with Crippen molar-refractivity contribution in [2.45, 2.75) is 30.8 Å². The van der Waals surface area contributed by atoms with Gasteiger partial charge in [-0.2, -0.15) is 4.31 Å². The van der Waals surface area contributed by atoms with Crippen molar-refractivity contribution in [3.05, 3.63) is 82.6 Å². The highest BCUT2D eigenvalue weighted by atomic mass is 32.2. The summed E-state index contributed by atoms with van der Waals surface area (Å²) in [6, 6.07) is 16.1. The molecule has 0 radical (unpaired) electrons. The fourth-order valence-corrected chi connectivity index (χ4v) is 6.08. The third kappa shape index (κ3) is 4.65. The van der Waals surface area contributed by atoms with E-state index in [0.717, 1.165) is 14.1 Å². The highest BCUT2D eigenvalue weighted by Crippen LogP contribution is 2.31. The minimum atomic E-state index is -4.07. The molecule has 1 aromatic heterocycles. The molecule has 1 atom stereocenters. The number of hydrogen-bond acceptors (Lipinski definition) is 7. The summed E-state index contributed by atoms with van der Waals surface area (Å²) in [5, 5.41) is 1.82. The Morgan fingerprint density at radius 2 is 1.76 bits per heavy atom. The Bertz CT molecular complexity index is 1290. The maximum absolute atomic E-state index is 13.5. The van der Waals surface area contributed by atoms with Crippen LogP contribution in [0.25, 0.3) is 0 Å². The van der Waals surface area contributed by atoms with Crippen molar-refractivity contribution in [1.29, 1.82) is 0 Å². The second-order valence-corrected chi connectivity index (χ2v) is 10.4. The summed E-state index contributed by atoms with van der Waals surface area (Å²) in [4.78, 5) is 39.9. The zero-order valence-corrected chi connectivity index (χ0v) is 19.9. The molecule has 1 aliphatic rings. The van der Waals surface area contributed by atoms with Crippen molar-refractivity contribution in [3.8, 4) is 0 Å². The van der Waals surface area contributed by atoms with Crippen LogP contribution >= 0.6 is 11.3 Å². The number of ether oxygens (including phenoxy) is 1. The Balaban J connectivity index is 1.66. The second-order valence-electron chi connectivity index (χ2n) is 7.50. The van der Waals surface area contributed by atoms with Crippen LogP contribution < -0.4 is 4.90 Å². The quantitative estimate of drug-likeness (QED) is 0.348. The molecule has 34 heavy (non-hydrogen) atoms. The molecule has 0 saturated carbocycles. The predicted molar refractivity (Wildman–Crippen MR) is 127 cm³/mol. The number of amides is 2. The number of rotatable bonds is 8. The van der Waals surface area contributed by atoms with Crippen LogP contribution in [0.5, 0.6) is 0 Å². The standard InChI is InChI=1S/C24H22N2O6S2/c1-2-32-24(29)17-10-12-18(13-11-17)26-22(27)15-21(23(26)28)25(16-19-7-6-14-33-19)34(30,31)20-8-4-3-5-9-20/h3-14,21H,2,15-16H2,1H3. The average Bonchev–Trinajstić information content (AvgIpc) is 3.45. The van der Waals surface area contributed by atoms with Gasteiger partial charge in [0.25, 0.3) is 5.91 Å². The van der Waals surface area contributed by atoms with E-state index in [0.29, 0.717) is 0 Å². The zero-order valence-electron chi connectivity index (χ0n) is 18.3. The molecule has 1 aliphatic heterocycles. The van der Waals surface area contributed by atoms with Gasteiger partial charge in [0.1, 0.15) is 6.04 Å². The first kappa shape index (κ1) is 23.8. The van der Waals surface area contributed by atoms with Crippen molar-refractivity contribution in [2.75, 3.05) is 11.5 Å². The second kappa shape index (κ2) is 9.88. The number of esters is 1. The zero-order chi connectivity index (χ0) is 24.3. The monoisotopic (exact) mass is 498 g/mol. The third-order valence-electron chi connectivity index (χ3n) is 5.35. The van der Waals surface area contributed by atoms with Gasteiger partial charge in [0.2, 0.25) is 15.9 Å². The molecule has 2 amide bonds. The van der Waals surface area contributed by atoms with Gasteiger partial charge < -0.3 is 4.74 Å². The summed E-state index contributed by atoms with van der Waals surface area (Å²) >= 11 is 1.37. The predicted octanol–water partition coefficient (Wildman–Crippen LogP) is 3.45. The van der Waals surface area contributed by atoms with Crippen molar-refractivity contribution < 1.29 is 27.5 Å². The molecule has 1 unspecified atom stereocenters. The molecular weight excluding hydrogens is 476 g/mol. The summed E-state index contributed by atoms with van der Waals surface area (Å²) in [6.45, 7) is 1.88. The van der Waals surface area contributed by atoms with Gasteiger partial charge in [-0.1, -0.05) is 24.3 Å². The number of thiophene rings is 1. The Kier molecular flexibility index (Phi) is 6.92. The molecule has 1 fully saturated rings. The molecule has 0 N–H and O–H groups in total. The molecule has 0 spiro atoms. The van der Waals surface area contributed by atoms with Crippen LogP contribution in [-0.2, 0) is 30.9 Å². The summed E-state index contributed by atoms with van der Waals surface area (Å²) in [7, 11) is -4.07. The van der Waals surface area contributed by atoms with E-state index in [4.69, 9.17) is 4.74 Å². The summed E-state index contributed by atoms with van der Waals surface area (Å²) in [5.41, 5.74) is 0.547. The lowest BCUT2D eigenvalue weighted by molar-refractivity contribution is -0.122. The molecule has 176 valence electrons. The summed E-state index contributed by atoms with van der Waals surface area (Å²) in [6.07, 6.45) is -0.282. The molecule has 1 saturated heterocycles. The summed E-state index contributed by atoms with van der Waals surface area (Å²) < 4.78 is 33.1. The molecule has 2 aromatic carbocycles. The molecule has 10 heteroatoms. The molecule has 8 nitrogen and oxygen atoms in total. The number of imide groups is 1. The van der Waals surface area contributed by atoms with E-state index in [1.165, 1.54) is 47.7 Å². The van der Waals surface area contributed by atoms with E-state index in [1.807, 2.05) is 5.38 Å². The van der Waals surface area contributed by atoms with Crippen molar-refractivity contribution in [1.82, 2.24) is 4.31 Å². The lowest BCUT2D eigenvalue weighted by Crippen LogP contribution is -2.44. The summed E-state index contributed by atoms with van der Waals surface area (Å²) in [5.74, 6) is -1.66. The largest absolute Gasteiger partial charge is 0.462 e. The lowest BCUT2D eigenvalue weighted by Gasteiger charge is -2.26. The molecule has 3 aromatic rings. The first-order chi connectivity index (χ1) is 16.3. The van der Waals surface area contributed by atoms with Gasteiger partial charge in [0.15, 0.2) is 0 Å². The van der Waals surface area contributed by atoms with E-state index in [-0.39, 0.29) is 35.7 Å². The smallest absolute Gasteiger partial charge is 0.338 e. The SMILES string of the molecule is CCOC(=O)c1ccc(N2C(=O)CC(N(Cc3cccs3)S(=O)(=O)c3ccccc3)C2=O)cc1. The van der Waals surface area contributed by atoms with E-state index < -0.39 is 33.8 Å². The molecule has 0 bridgehead atoms. The Morgan fingerprint density at radius 3 is 2.38 bits per heavy atom. The van der Waals surface area contributed by atoms with Crippen LogP contribution in [0.15, 0.2) is 77.0 Å². The van der Waals surface area contributed by atoms with Crippen LogP contribution in [0.3, 0.4) is 0 Å². The van der Waals surface area contributed by atoms with E-state index in [2.05, 4.69) is 0 Å². The topological polar surface area (TPSA) is 101 Å². The average molecular weight is 499 g/mol. The van der Waals surface area contributed by atoms with E-state index in [9.17, 15) is 22.8 Å². The van der Waals surface area contributed by atoms with Gasteiger partial charge in [-0.25, -0.2) is 18.1 Å². The Morgan fingerprint density at radius 1 is 1.06 bits per heavy atom. The third-order valence-corrected chi connectivity index (χ3v) is 8.08. The number of benzene rings is 2. The van der Waals surface area contributed by atoms with E-state index in [1.54, 1.807) is 37.3 Å². The van der Waals surface area contributed by atoms with Gasteiger partial charge in [-0.3, -0.25) is 9.59 Å². The molecule has 4 rings (SSSR count). The van der Waals surface area contributed by atoms with Crippen LogP contribution in [0.2, 0.25) is 0 Å². The minimum absolute atomic E-state index is 0.0335. The van der Waals surface area contributed by atoms with Crippen LogP contribution in [-0.4, -0.2) is 43.2 Å². The molecular formula is C24H22N2O6S2. The molecule has 2 heterocycles. The van der Waals surface area contributed by atoms with Crippen LogP contribution in [0.1, 0.15) is 28.6 Å². The highest BCUT2D eigenvalue weighted by molar-refractivity contribution is 7.89. The fourth-order valence-electron chi connectivity index (χ4n) is 3.72. The Hall–Kier alpha value is -3.34. The fraction of sp³-hybridized carbons (Fsp3) is 0.208. The van der Waals surface area contributed by atoms with Gasteiger partial charge in [0, 0.05) is 11.4 Å². The van der Waals surface area contributed by atoms with Gasteiger partial charge in [0.05, 0.1) is 29.2 Å². The van der Waals surface area contributed by atoms with Gasteiger partial charge >= 0.3 is 5.97 Å². The lowest BCUT2D eigenvalue weighted by atomic mass is 10.2. The maximum atomic E-state index is 13.5. The number of carbonyl (C=O) groups excluding carboxylic acids is 3. The van der Waals surface area contributed by atoms with Crippen molar-refractivity contribution in [3.63, 3.8) is 0 Å². The van der Waals surface area contributed by atoms with Crippen LogP contribution in [0.4, 0.5) is 5.69 Å². The number of nitrogens with zero attached hydrogens (tertiary/aromatic N) is 2. The first-order valence-electron chi connectivity index (χ1n) is 10.6.